The zero-order valence-electron chi connectivity index (χ0n) is 12.3. The summed E-state index contributed by atoms with van der Waals surface area (Å²) in [6.45, 7) is 3.08. The third-order valence-corrected chi connectivity index (χ3v) is 4.72. The van der Waals surface area contributed by atoms with Crippen molar-refractivity contribution in [3.63, 3.8) is 0 Å². The molecule has 1 N–H and O–H groups in total. The quantitative estimate of drug-likeness (QED) is 0.841. The molecule has 2 nitrogen and oxygen atoms in total. The molecule has 21 heavy (non-hydrogen) atoms. The minimum absolute atomic E-state index is 0.208. The van der Waals surface area contributed by atoms with Gasteiger partial charge in [0.1, 0.15) is 0 Å². The molecule has 3 rings (SSSR count). The number of halogens is 1. The molecule has 110 valence electrons. The van der Waals surface area contributed by atoms with Crippen LogP contribution in [-0.4, -0.2) is 11.5 Å². The number of nitrogens with one attached hydrogen (secondary N) is 1. The standard InChI is InChI=1S/C18H21BrN2/c1-2-21-18(16-10-17(19)12-20-11-16)15-8-4-7-14(9-15)13-5-3-6-13/h4,7-13,18,21H,2-3,5-6H2,1H3. The molecule has 0 radical (unpaired) electrons. The Balaban J connectivity index is 1.93. The van der Waals surface area contributed by atoms with Crippen LogP contribution < -0.4 is 5.32 Å². The Morgan fingerprint density at radius 3 is 2.76 bits per heavy atom. The molecule has 0 spiro atoms. The van der Waals surface area contributed by atoms with Crippen molar-refractivity contribution in [2.45, 2.75) is 38.1 Å². The summed E-state index contributed by atoms with van der Waals surface area (Å²) in [6, 6.07) is 11.4. The Hall–Kier alpha value is -1.19. The maximum absolute atomic E-state index is 4.31. The van der Waals surface area contributed by atoms with Crippen molar-refractivity contribution in [2.24, 2.45) is 0 Å². The van der Waals surface area contributed by atoms with E-state index in [9.17, 15) is 0 Å². The molecule has 1 atom stereocenters. The van der Waals surface area contributed by atoms with Crippen LogP contribution in [0.5, 0.6) is 0 Å². The second-order valence-corrected chi connectivity index (χ2v) is 6.64. The summed E-state index contributed by atoms with van der Waals surface area (Å²) >= 11 is 3.52. The topological polar surface area (TPSA) is 24.9 Å². The number of nitrogens with zero attached hydrogens (tertiary/aromatic N) is 1. The fourth-order valence-corrected chi connectivity index (χ4v) is 3.34. The summed E-state index contributed by atoms with van der Waals surface area (Å²) in [4.78, 5) is 4.31. The molecule has 3 heteroatoms. The van der Waals surface area contributed by atoms with Crippen LogP contribution in [0.1, 0.15) is 54.8 Å². The molecule has 0 saturated heterocycles. The maximum atomic E-state index is 4.31. The summed E-state index contributed by atoms with van der Waals surface area (Å²) in [6.07, 6.45) is 7.84. The van der Waals surface area contributed by atoms with E-state index in [1.807, 2.05) is 12.4 Å². The first-order valence-electron chi connectivity index (χ1n) is 7.71. The van der Waals surface area contributed by atoms with Gasteiger partial charge in [-0.15, -0.1) is 0 Å². The molecule has 1 saturated carbocycles. The van der Waals surface area contributed by atoms with Crippen molar-refractivity contribution in [3.8, 4) is 0 Å². The first-order chi connectivity index (χ1) is 10.3. The van der Waals surface area contributed by atoms with Crippen molar-refractivity contribution in [3.05, 3.63) is 63.9 Å². The number of rotatable bonds is 5. The van der Waals surface area contributed by atoms with Gasteiger partial charge in [0.05, 0.1) is 6.04 Å². The van der Waals surface area contributed by atoms with Gasteiger partial charge in [-0.2, -0.15) is 0 Å². The Morgan fingerprint density at radius 2 is 2.10 bits per heavy atom. The van der Waals surface area contributed by atoms with Gasteiger partial charge in [-0.1, -0.05) is 37.6 Å². The first kappa shape index (κ1) is 14.7. The minimum Gasteiger partial charge on any atom is -0.306 e. The van der Waals surface area contributed by atoms with E-state index < -0.39 is 0 Å². The molecule has 0 amide bonds. The Labute approximate surface area is 135 Å². The van der Waals surface area contributed by atoms with E-state index in [1.165, 1.54) is 36.0 Å². The molecular weight excluding hydrogens is 324 g/mol. The highest BCUT2D eigenvalue weighted by atomic mass is 79.9. The highest BCUT2D eigenvalue weighted by Crippen LogP contribution is 2.37. The van der Waals surface area contributed by atoms with E-state index in [0.29, 0.717) is 0 Å². The minimum atomic E-state index is 0.208. The van der Waals surface area contributed by atoms with Crippen LogP contribution in [0, 0.1) is 0 Å². The van der Waals surface area contributed by atoms with Crippen LogP contribution in [0.4, 0.5) is 0 Å². The van der Waals surface area contributed by atoms with E-state index in [1.54, 1.807) is 0 Å². The fraction of sp³-hybridized carbons (Fsp3) is 0.389. The van der Waals surface area contributed by atoms with E-state index >= 15 is 0 Å². The molecule has 1 aliphatic carbocycles. The maximum Gasteiger partial charge on any atom is 0.0592 e. The van der Waals surface area contributed by atoms with Gasteiger partial charge in [0, 0.05) is 16.9 Å². The lowest BCUT2D eigenvalue weighted by Crippen LogP contribution is -2.22. The summed E-state index contributed by atoms with van der Waals surface area (Å²) in [5.41, 5.74) is 4.03. The lowest BCUT2D eigenvalue weighted by molar-refractivity contribution is 0.419. The Bertz CT molecular complexity index is 608. The van der Waals surface area contributed by atoms with Crippen molar-refractivity contribution in [2.75, 3.05) is 6.54 Å². The normalized spacial score (nSPS) is 16.5. The number of benzene rings is 1. The predicted molar refractivity (Wildman–Crippen MR) is 90.5 cm³/mol. The highest BCUT2D eigenvalue weighted by Gasteiger charge is 2.21. The lowest BCUT2D eigenvalue weighted by Gasteiger charge is -2.27. The van der Waals surface area contributed by atoms with Gasteiger partial charge in [0.2, 0.25) is 0 Å². The van der Waals surface area contributed by atoms with E-state index in [0.717, 1.165) is 16.9 Å². The molecule has 0 bridgehead atoms. The highest BCUT2D eigenvalue weighted by molar-refractivity contribution is 9.10. The smallest absolute Gasteiger partial charge is 0.0592 e. The molecule has 1 heterocycles. The van der Waals surface area contributed by atoms with Gasteiger partial charge in [0.25, 0.3) is 0 Å². The number of hydrogen-bond acceptors (Lipinski definition) is 2. The van der Waals surface area contributed by atoms with E-state index in [4.69, 9.17) is 0 Å². The van der Waals surface area contributed by atoms with E-state index in [-0.39, 0.29) is 6.04 Å². The molecule has 1 aromatic carbocycles. The molecule has 2 aromatic rings. The molecule has 1 aromatic heterocycles. The predicted octanol–water partition coefficient (Wildman–Crippen LogP) is 4.81. The number of pyridine rings is 1. The number of hydrogen-bond donors (Lipinski definition) is 1. The van der Waals surface area contributed by atoms with Crippen LogP contribution >= 0.6 is 15.9 Å². The van der Waals surface area contributed by atoms with Crippen molar-refractivity contribution in [1.82, 2.24) is 10.3 Å². The monoisotopic (exact) mass is 344 g/mol. The second-order valence-electron chi connectivity index (χ2n) is 5.73. The van der Waals surface area contributed by atoms with Crippen LogP contribution in [0.3, 0.4) is 0 Å². The van der Waals surface area contributed by atoms with Crippen molar-refractivity contribution >= 4 is 15.9 Å². The third-order valence-electron chi connectivity index (χ3n) is 4.29. The Kier molecular flexibility index (Phi) is 4.71. The van der Waals surface area contributed by atoms with Crippen molar-refractivity contribution in [1.29, 1.82) is 0 Å². The molecule has 1 aliphatic rings. The fourth-order valence-electron chi connectivity index (χ4n) is 2.95. The summed E-state index contributed by atoms with van der Waals surface area (Å²) in [5, 5.41) is 3.58. The second kappa shape index (κ2) is 6.71. The average molecular weight is 345 g/mol. The zero-order chi connectivity index (χ0) is 14.7. The summed E-state index contributed by atoms with van der Waals surface area (Å²) in [7, 11) is 0. The average Bonchev–Trinajstić information content (AvgIpc) is 2.43. The molecule has 0 aliphatic heterocycles. The van der Waals surface area contributed by atoms with Gasteiger partial charge in [0.15, 0.2) is 0 Å². The summed E-state index contributed by atoms with van der Waals surface area (Å²) < 4.78 is 1.03. The zero-order valence-corrected chi connectivity index (χ0v) is 13.9. The molecule has 1 unspecified atom stereocenters. The van der Waals surface area contributed by atoms with Gasteiger partial charge < -0.3 is 5.32 Å². The van der Waals surface area contributed by atoms with Gasteiger partial charge in [-0.05, 0) is 64.0 Å². The molecule has 1 fully saturated rings. The van der Waals surface area contributed by atoms with E-state index in [2.05, 4.69) is 63.5 Å². The van der Waals surface area contributed by atoms with Gasteiger partial charge in [-0.25, -0.2) is 0 Å². The molecular formula is C18H21BrN2. The van der Waals surface area contributed by atoms with Crippen molar-refractivity contribution < 1.29 is 0 Å². The largest absolute Gasteiger partial charge is 0.306 e. The van der Waals surface area contributed by atoms with Crippen LogP contribution in [0.25, 0.3) is 0 Å². The van der Waals surface area contributed by atoms with Crippen LogP contribution in [0.2, 0.25) is 0 Å². The third kappa shape index (κ3) is 3.35. The van der Waals surface area contributed by atoms with Gasteiger partial charge >= 0.3 is 0 Å². The Morgan fingerprint density at radius 1 is 1.24 bits per heavy atom. The lowest BCUT2D eigenvalue weighted by atomic mass is 9.79. The SMILES string of the molecule is CCNC(c1cncc(Br)c1)c1cccc(C2CCC2)c1. The first-order valence-corrected chi connectivity index (χ1v) is 8.51. The van der Waals surface area contributed by atoms with Crippen LogP contribution in [0.15, 0.2) is 47.2 Å². The summed E-state index contributed by atoms with van der Waals surface area (Å²) in [5.74, 6) is 0.771. The van der Waals surface area contributed by atoms with Gasteiger partial charge in [-0.3, -0.25) is 4.98 Å². The number of aromatic nitrogens is 1. The van der Waals surface area contributed by atoms with Crippen LogP contribution in [-0.2, 0) is 0 Å².